The molecule has 0 aliphatic rings. The third kappa shape index (κ3) is 3.03. The standard InChI is InChI=1S/C10H12BrNO2/c1-7(11)8-4-3-5-9(6-8)14-10(13)12-2/h3-7H,1-2H3,(H,12,13). The monoisotopic (exact) mass is 257 g/mol. The van der Waals surface area contributed by atoms with Crippen LogP contribution in [0.25, 0.3) is 0 Å². The first-order valence-electron chi connectivity index (χ1n) is 4.27. The molecule has 0 fully saturated rings. The van der Waals surface area contributed by atoms with Gasteiger partial charge in [-0.3, -0.25) is 0 Å². The van der Waals surface area contributed by atoms with E-state index in [1.54, 1.807) is 6.07 Å². The predicted octanol–water partition coefficient (Wildman–Crippen LogP) is 2.86. The molecule has 0 saturated heterocycles. The maximum atomic E-state index is 10.9. The number of ether oxygens (including phenoxy) is 1. The molecular weight excluding hydrogens is 246 g/mol. The van der Waals surface area contributed by atoms with E-state index < -0.39 is 6.09 Å². The smallest absolute Gasteiger partial charge is 0.410 e. The molecule has 0 aliphatic carbocycles. The number of carbonyl (C=O) groups is 1. The number of alkyl halides is 1. The van der Waals surface area contributed by atoms with E-state index in [0.29, 0.717) is 5.75 Å². The second-order valence-corrected chi connectivity index (χ2v) is 4.20. The Hall–Kier alpha value is -1.03. The van der Waals surface area contributed by atoms with Crippen LogP contribution in [-0.4, -0.2) is 13.1 Å². The molecule has 1 amide bonds. The minimum absolute atomic E-state index is 0.246. The van der Waals surface area contributed by atoms with E-state index in [1.165, 1.54) is 7.05 Å². The van der Waals surface area contributed by atoms with E-state index in [2.05, 4.69) is 21.2 Å². The van der Waals surface area contributed by atoms with Crippen LogP contribution in [0.2, 0.25) is 0 Å². The molecule has 0 aromatic heterocycles. The van der Waals surface area contributed by atoms with Crippen LogP contribution < -0.4 is 10.1 Å². The molecule has 0 bridgehead atoms. The summed E-state index contributed by atoms with van der Waals surface area (Å²) in [4.78, 5) is 11.2. The van der Waals surface area contributed by atoms with Crippen molar-refractivity contribution in [2.75, 3.05) is 7.05 Å². The molecule has 1 rings (SSSR count). The Balaban J connectivity index is 2.78. The quantitative estimate of drug-likeness (QED) is 0.828. The maximum Gasteiger partial charge on any atom is 0.412 e. The fourth-order valence-electron chi connectivity index (χ4n) is 0.984. The summed E-state index contributed by atoms with van der Waals surface area (Å²) >= 11 is 3.44. The van der Waals surface area contributed by atoms with Crippen LogP contribution in [0.4, 0.5) is 4.79 Å². The molecule has 76 valence electrons. The number of amides is 1. The molecular formula is C10H12BrNO2. The molecule has 0 spiro atoms. The molecule has 4 heteroatoms. The lowest BCUT2D eigenvalue weighted by Crippen LogP contribution is -2.22. The van der Waals surface area contributed by atoms with Crippen LogP contribution >= 0.6 is 15.9 Å². The summed E-state index contributed by atoms with van der Waals surface area (Å²) < 4.78 is 4.98. The molecule has 1 aromatic rings. The third-order valence-corrected chi connectivity index (χ3v) is 2.26. The number of hydrogen-bond donors (Lipinski definition) is 1. The van der Waals surface area contributed by atoms with Crippen LogP contribution in [0.3, 0.4) is 0 Å². The molecule has 1 unspecified atom stereocenters. The van der Waals surface area contributed by atoms with Crippen molar-refractivity contribution in [3.05, 3.63) is 29.8 Å². The van der Waals surface area contributed by atoms with Crippen molar-refractivity contribution in [2.24, 2.45) is 0 Å². The first kappa shape index (κ1) is 11.0. The molecule has 14 heavy (non-hydrogen) atoms. The lowest BCUT2D eigenvalue weighted by molar-refractivity contribution is 0.203. The van der Waals surface area contributed by atoms with Gasteiger partial charge in [-0.1, -0.05) is 28.1 Å². The van der Waals surface area contributed by atoms with Crippen molar-refractivity contribution in [2.45, 2.75) is 11.8 Å². The number of rotatable bonds is 2. The van der Waals surface area contributed by atoms with Crippen LogP contribution in [0.5, 0.6) is 5.75 Å². The lowest BCUT2D eigenvalue weighted by Gasteiger charge is -2.07. The summed E-state index contributed by atoms with van der Waals surface area (Å²) in [6.07, 6.45) is -0.454. The highest BCUT2D eigenvalue weighted by Crippen LogP contribution is 2.24. The van der Waals surface area contributed by atoms with Crippen molar-refractivity contribution in [3.8, 4) is 5.75 Å². The van der Waals surface area contributed by atoms with E-state index in [1.807, 2.05) is 25.1 Å². The highest BCUT2D eigenvalue weighted by Gasteiger charge is 2.04. The van der Waals surface area contributed by atoms with Gasteiger partial charge in [0.1, 0.15) is 5.75 Å². The van der Waals surface area contributed by atoms with Gasteiger partial charge in [0.15, 0.2) is 0 Å². The zero-order chi connectivity index (χ0) is 10.6. The van der Waals surface area contributed by atoms with Crippen molar-refractivity contribution in [1.82, 2.24) is 5.32 Å². The van der Waals surface area contributed by atoms with Crippen LogP contribution in [-0.2, 0) is 0 Å². The van der Waals surface area contributed by atoms with E-state index in [0.717, 1.165) is 5.56 Å². The highest BCUT2D eigenvalue weighted by atomic mass is 79.9. The molecule has 1 atom stereocenters. The fraction of sp³-hybridized carbons (Fsp3) is 0.300. The van der Waals surface area contributed by atoms with Gasteiger partial charge in [0.05, 0.1) is 0 Å². The first-order valence-corrected chi connectivity index (χ1v) is 5.18. The number of hydrogen-bond acceptors (Lipinski definition) is 2. The Morgan fingerprint density at radius 2 is 2.29 bits per heavy atom. The van der Waals surface area contributed by atoms with Gasteiger partial charge in [-0.15, -0.1) is 0 Å². The number of benzene rings is 1. The average molecular weight is 258 g/mol. The normalized spacial score (nSPS) is 11.9. The summed E-state index contributed by atoms with van der Waals surface area (Å²) in [6.45, 7) is 2.01. The zero-order valence-corrected chi connectivity index (χ0v) is 9.67. The third-order valence-electron chi connectivity index (χ3n) is 1.73. The maximum absolute atomic E-state index is 10.9. The topological polar surface area (TPSA) is 38.3 Å². The number of nitrogens with one attached hydrogen (secondary N) is 1. The van der Waals surface area contributed by atoms with Gasteiger partial charge in [0.2, 0.25) is 0 Å². The summed E-state index contributed by atoms with van der Waals surface area (Å²) in [5, 5.41) is 2.39. The molecule has 0 saturated carbocycles. The first-order chi connectivity index (χ1) is 6.63. The number of carbonyl (C=O) groups excluding carboxylic acids is 1. The van der Waals surface area contributed by atoms with Crippen LogP contribution in [0.1, 0.15) is 17.3 Å². The van der Waals surface area contributed by atoms with Gasteiger partial charge in [-0.2, -0.15) is 0 Å². The minimum Gasteiger partial charge on any atom is -0.410 e. The fourth-order valence-corrected chi connectivity index (χ4v) is 1.27. The number of halogens is 1. The summed E-state index contributed by atoms with van der Waals surface area (Å²) in [5.41, 5.74) is 1.08. The van der Waals surface area contributed by atoms with Gasteiger partial charge in [0, 0.05) is 11.9 Å². The second kappa shape index (κ2) is 5.00. The van der Waals surface area contributed by atoms with Crippen molar-refractivity contribution in [1.29, 1.82) is 0 Å². The Morgan fingerprint density at radius 3 is 2.86 bits per heavy atom. The molecule has 0 aliphatic heterocycles. The van der Waals surface area contributed by atoms with Crippen LogP contribution in [0, 0.1) is 0 Å². The van der Waals surface area contributed by atoms with E-state index in [-0.39, 0.29) is 4.83 Å². The van der Waals surface area contributed by atoms with E-state index in [4.69, 9.17) is 4.74 Å². The summed E-state index contributed by atoms with van der Waals surface area (Å²) in [6, 6.07) is 7.39. The van der Waals surface area contributed by atoms with Crippen molar-refractivity contribution >= 4 is 22.0 Å². The largest absolute Gasteiger partial charge is 0.412 e. The Labute approximate surface area is 91.6 Å². The molecule has 1 N–H and O–H groups in total. The molecule has 3 nitrogen and oxygen atoms in total. The Morgan fingerprint density at radius 1 is 1.57 bits per heavy atom. The second-order valence-electron chi connectivity index (χ2n) is 2.83. The highest BCUT2D eigenvalue weighted by molar-refractivity contribution is 9.09. The zero-order valence-electron chi connectivity index (χ0n) is 8.08. The molecule has 0 heterocycles. The minimum atomic E-state index is -0.454. The van der Waals surface area contributed by atoms with Gasteiger partial charge < -0.3 is 10.1 Å². The van der Waals surface area contributed by atoms with E-state index in [9.17, 15) is 4.79 Å². The van der Waals surface area contributed by atoms with E-state index >= 15 is 0 Å². The summed E-state index contributed by atoms with van der Waals surface area (Å²) in [5.74, 6) is 0.549. The Bertz CT molecular complexity index is 326. The Kier molecular flexibility index (Phi) is 3.95. The van der Waals surface area contributed by atoms with Crippen molar-refractivity contribution in [3.63, 3.8) is 0 Å². The predicted molar refractivity (Wildman–Crippen MR) is 58.9 cm³/mol. The SMILES string of the molecule is CNC(=O)Oc1cccc(C(C)Br)c1. The summed E-state index contributed by atoms with van der Waals surface area (Å²) in [7, 11) is 1.53. The molecule has 0 radical (unpaired) electrons. The average Bonchev–Trinajstić information content (AvgIpc) is 2.18. The molecule has 1 aromatic carbocycles. The van der Waals surface area contributed by atoms with Gasteiger partial charge >= 0.3 is 6.09 Å². The van der Waals surface area contributed by atoms with Gasteiger partial charge in [-0.25, -0.2) is 4.79 Å². The lowest BCUT2D eigenvalue weighted by atomic mass is 10.2. The van der Waals surface area contributed by atoms with Crippen molar-refractivity contribution < 1.29 is 9.53 Å². The van der Waals surface area contributed by atoms with Gasteiger partial charge in [-0.05, 0) is 24.6 Å². The van der Waals surface area contributed by atoms with Gasteiger partial charge in [0.25, 0.3) is 0 Å². The van der Waals surface area contributed by atoms with Crippen LogP contribution in [0.15, 0.2) is 24.3 Å².